The number of H-pyrrole nitrogens is 1. The van der Waals surface area contributed by atoms with Gasteiger partial charge in [-0.2, -0.15) is 5.10 Å². The van der Waals surface area contributed by atoms with E-state index >= 15 is 0 Å². The molecule has 1 amide bonds. The summed E-state index contributed by atoms with van der Waals surface area (Å²) in [6.07, 6.45) is 1.15. The van der Waals surface area contributed by atoms with Gasteiger partial charge in [-0.25, -0.2) is 0 Å². The van der Waals surface area contributed by atoms with Gasteiger partial charge in [-0.05, 0) is 38.0 Å². The Balaban J connectivity index is 1.64. The van der Waals surface area contributed by atoms with Crippen LogP contribution in [0.1, 0.15) is 23.4 Å². The molecule has 0 radical (unpaired) electrons. The van der Waals surface area contributed by atoms with E-state index in [9.17, 15) is 4.79 Å². The van der Waals surface area contributed by atoms with Gasteiger partial charge in [-0.1, -0.05) is 18.2 Å². The summed E-state index contributed by atoms with van der Waals surface area (Å²) in [5.41, 5.74) is 3.24. The third-order valence-corrected chi connectivity index (χ3v) is 3.32. The van der Waals surface area contributed by atoms with Gasteiger partial charge in [-0.3, -0.25) is 9.89 Å². The monoisotopic (exact) mass is 287 g/mol. The summed E-state index contributed by atoms with van der Waals surface area (Å²) < 4.78 is 5.49. The maximum atomic E-state index is 11.7. The second kappa shape index (κ2) is 7.47. The van der Waals surface area contributed by atoms with Crippen molar-refractivity contribution in [3.8, 4) is 5.75 Å². The first kappa shape index (κ1) is 15.1. The van der Waals surface area contributed by atoms with Crippen molar-refractivity contribution in [2.24, 2.45) is 0 Å². The van der Waals surface area contributed by atoms with Crippen LogP contribution < -0.4 is 10.1 Å². The number of nitrogens with zero attached hydrogens (tertiary/aromatic N) is 1. The van der Waals surface area contributed by atoms with E-state index in [1.54, 1.807) is 0 Å². The van der Waals surface area contributed by atoms with Crippen molar-refractivity contribution >= 4 is 5.91 Å². The Labute approximate surface area is 124 Å². The van der Waals surface area contributed by atoms with Gasteiger partial charge in [0.05, 0.1) is 18.7 Å². The van der Waals surface area contributed by atoms with E-state index in [4.69, 9.17) is 4.74 Å². The minimum Gasteiger partial charge on any atom is -0.493 e. The SMILES string of the molecule is Cc1n[nH]c(C)c1CCNC(=O)CCOc1ccccc1. The molecule has 0 atom stereocenters. The number of hydrogen-bond donors (Lipinski definition) is 2. The summed E-state index contributed by atoms with van der Waals surface area (Å²) in [6.45, 7) is 4.96. The average Bonchev–Trinajstić information content (AvgIpc) is 2.80. The maximum absolute atomic E-state index is 11.7. The zero-order chi connectivity index (χ0) is 15.1. The molecular formula is C16H21N3O2. The van der Waals surface area contributed by atoms with Crippen LogP contribution in [0.2, 0.25) is 0 Å². The van der Waals surface area contributed by atoms with Crippen LogP contribution in [0.4, 0.5) is 0 Å². The van der Waals surface area contributed by atoms with Crippen molar-refractivity contribution < 1.29 is 9.53 Å². The Kier molecular flexibility index (Phi) is 5.37. The second-order valence-electron chi connectivity index (χ2n) is 4.92. The van der Waals surface area contributed by atoms with Crippen LogP contribution in [0, 0.1) is 13.8 Å². The van der Waals surface area contributed by atoms with Crippen molar-refractivity contribution in [3.05, 3.63) is 47.3 Å². The number of ether oxygens (including phenoxy) is 1. The van der Waals surface area contributed by atoms with Crippen molar-refractivity contribution in [2.75, 3.05) is 13.2 Å². The molecule has 5 nitrogen and oxygen atoms in total. The molecule has 0 aliphatic rings. The molecule has 2 rings (SSSR count). The molecule has 0 fully saturated rings. The second-order valence-corrected chi connectivity index (χ2v) is 4.92. The Bertz CT molecular complexity index is 559. The lowest BCUT2D eigenvalue weighted by molar-refractivity contribution is -0.121. The van der Waals surface area contributed by atoms with Gasteiger partial charge in [0.1, 0.15) is 5.75 Å². The highest BCUT2D eigenvalue weighted by atomic mass is 16.5. The third-order valence-electron chi connectivity index (χ3n) is 3.32. The fourth-order valence-corrected chi connectivity index (χ4v) is 2.14. The van der Waals surface area contributed by atoms with Gasteiger partial charge < -0.3 is 10.1 Å². The van der Waals surface area contributed by atoms with Crippen LogP contribution in [0.15, 0.2) is 30.3 Å². The number of benzene rings is 1. The summed E-state index contributed by atoms with van der Waals surface area (Å²) in [6, 6.07) is 9.50. The topological polar surface area (TPSA) is 67.0 Å². The fourth-order valence-electron chi connectivity index (χ4n) is 2.14. The molecular weight excluding hydrogens is 266 g/mol. The first-order valence-corrected chi connectivity index (χ1v) is 7.12. The standard InChI is InChI=1S/C16H21N3O2/c1-12-15(13(2)19-18-12)8-10-17-16(20)9-11-21-14-6-4-3-5-7-14/h3-7H,8-11H2,1-2H3,(H,17,20)(H,18,19). The lowest BCUT2D eigenvalue weighted by Crippen LogP contribution is -2.27. The van der Waals surface area contributed by atoms with Crippen molar-refractivity contribution in [1.29, 1.82) is 0 Å². The molecule has 0 spiro atoms. The predicted molar refractivity (Wildman–Crippen MR) is 81.3 cm³/mol. The number of aromatic nitrogens is 2. The molecule has 112 valence electrons. The minimum atomic E-state index is 0.00438. The molecule has 2 N–H and O–H groups in total. The van der Waals surface area contributed by atoms with Gasteiger partial charge >= 0.3 is 0 Å². The Hall–Kier alpha value is -2.30. The quantitative estimate of drug-likeness (QED) is 0.820. The van der Waals surface area contributed by atoms with Gasteiger partial charge in [0, 0.05) is 12.2 Å². The number of para-hydroxylation sites is 1. The van der Waals surface area contributed by atoms with E-state index in [1.807, 2.05) is 44.2 Å². The van der Waals surface area contributed by atoms with Crippen molar-refractivity contribution in [2.45, 2.75) is 26.7 Å². The predicted octanol–water partition coefficient (Wildman–Crippen LogP) is 2.15. The number of aryl methyl sites for hydroxylation is 2. The number of rotatable bonds is 7. The molecule has 0 saturated carbocycles. The van der Waals surface area contributed by atoms with Crippen molar-refractivity contribution in [3.63, 3.8) is 0 Å². The zero-order valence-electron chi connectivity index (χ0n) is 12.5. The molecule has 1 aromatic heterocycles. The molecule has 0 aliphatic carbocycles. The van der Waals surface area contributed by atoms with Crippen LogP contribution >= 0.6 is 0 Å². The molecule has 0 bridgehead atoms. The van der Waals surface area contributed by atoms with E-state index in [0.717, 1.165) is 23.6 Å². The van der Waals surface area contributed by atoms with E-state index < -0.39 is 0 Å². The molecule has 1 heterocycles. The highest BCUT2D eigenvalue weighted by Gasteiger charge is 2.07. The average molecular weight is 287 g/mol. The van der Waals surface area contributed by atoms with Crippen LogP contribution in [0.3, 0.4) is 0 Å². The molecule has 2 aromatic rings. The maximum Gasteiger partial charge on any atom is 0.223 e. The number of carbonyl (C=O) groups is 1. The lowest BCUT2D eigenvalue weighted by atomic mass is 10.1. The first-order chi connectivity index (χ1) is 10.2. The first-order valence-electron chi connectivity index (χ1n) is 7.12. The summed E-state index contributed by atoms with van der Waals surface area (Å²) in [5.74, 6) is 0.791. The molecule has 21 heavy (non-hydrogen) atoms. The number of amides is 1. The van der Waals surface area contributed by atoms with Crippen LogP contribution in [0.5, 0.6) is 5.75 Å². The van der Waals surface area contributed by atoms with Crippen LogP contribution in [-0.4, -0.2) is 29.3 Å². The Morgan fingerprint density at radius 1 is 1.29 bits per heavy atom. The lowest BCUT2D eigenvalue weighted by Gasteiger charge is -2.07. The molecule has 0 saturated heterocycles. The van der Waals surface area contributed by atoms with Crippen molar-refractivity contribution in [1.82, 2.24) is 15.5 Å². The molecule has 1 aromatic carbocycles. The normalized spacial score (nSPS) is 10.4. The van der Waals surface area contributed by atoms with E-state index in [1.165, 1.54) is 5.56 Å². The fraction of sp³-hybridized carbons (Fsp3) is 0.375. The Morgan fingerprint density at radius 3 is 2.71 bits per heavy atom. The highest BCUT2D eigenvalue weighted by molar-refractivity contribution is 5.76. The summed E-state index contributed by atoms with van der Waals surface area (Å²) in [4.78, 5) is 11.7. The number of carbonyl (C=O) groups excluding carboxylic acids is 1. The van der Waals surface area contributed by atoms with E-state index in [2.05, 4.69) is 15.5 Å². The smallest absolute Gasteiger partial charge is 0.223 e. The summed E-state index contributed by atoms with van der Waals surface area (Å²) in [7, 11) is 0. The van der Waals surface area contributed by atoms with Crippen LogP contribution in [0.25, 0.3) is 0 Å². The molecule has 5 heteroatoms. The largest absolute Gasteiger partial charge is 0.493 e. The van der Waals surface area contributed by atoms with Crippen LogP contribution in [-0.2, 0) is 11.2 Å². The zero-order valence-corrected chi connectivity index (χ0v) is 12.5. The van der Waals surface area contributed by atoms with Gasteiger partial charge in [0.15, 0.2) is 0 Å². The van der Waals surface area contributed by atoms with Gasteiger partial charge in [0.2, 0.25) is 5.91 Å². The number of aromatic amines is 1. The minimum absolute atomic E-state index is 0.00438. The summed E-state index contributed by atoms with van der Waals surface area (Å²) >= 11 is 0. The van der Waals surface area contributed by atoms with Gasteiger partial charge in [-0.15, -0.1) is 0 Å². The van der Waals surface area contributed by atoms with Gasteiger partial charge in [0.25, 0.3) is 0 Å². The molecule has 0 unspecified atom stereocenters. The van der Waals surface area contributed by atoms with E-state index in [0.29, 0.717) is 19.6 Å². The highest BCUT2D eigenvalue weighted by Crippen LogP contribution is 2.09. The molecule has 0 aliphatic heterocycles. The van der Waals surface area contributed by atoms with E-state index in [-0.39, 0.29) is 5.91 Å². The summed E-state index contributed by atoms with van der Waals surface area (Å²) in [5, 5.41) is 9.99. The number of hydrogen-bond acceptors (Lipinski definition) is 3. The Morgan fingerprint density at radius 2 is 2.05 bits per heavy atom. The third kappa shape index (κ3) is 4.63. The number of nitrogens with one attached hydrogen (secondary N) is 2.